The minimum Gasteiger partial charge on any atom is -0.479 e. The van der Waals surface area contributed by atoms with Crippen LogP contribution in [0, 0.1) is 40.4 Å². The molecule has 5 fully saturated rings. The molecule has 4 aliphatic carbocycles. The molecule has 5 aliphatic rings. The number of aliphatic carboxylic acids is 1. The highest BCUT2D eigenvalue weighted by atomic mass is 16.7. The Bertz CT molecular complexity index is 864. The van der Waals surface area contributed by atoms with E-state index >= 15 is 0 Å². The summed E-state index contributed by atoms with van der Waals surface area (Å²) in [4.78, 5) is 24.7. The van der Waals surface area contributed by atoms with Gasteiger partial charge in [-0.2, -0.15) is 0 Å². The Morgan fingerprint density at radius 2 is 1.56 bits per heavy atom. The largest absolute Gasteiger partial charge is 0.479 e. The standard InChI is InChI=1S/C27H42O9/c1-26-9-7-14(28)11-13(26)3-4-15-16-5-6-18(27(16,2)10-8-17(15)26)19(29)12-35-25-22(32)20(30)21(31)23(36-25)24(33)34/h13-18,20-23,25,28,30-32H,3-12H2,1-2H3,(H,33,34)/t13-,14-,15-,16-,17-,18+,20-,21-,22+,23-,25?,26-,27-/m0/s1. The number of carbonyl (C=O) groups is 2. The van der Waals surface area contributed by atoms with Crippen LogP contribution < -0.4 is 0 Å². The molecular formula is C27H42O9. The summed E-state index contributed by atoms with van der Waals surface area (Å²) in [5.41, 5.74) is 0.152. The van der Waals surface area contributed by atoms with Crippen LogP contribution in [0.2, 0.25) is 0 Å². The van der Waals surface area contributed by atoms with Gasteiger partial charge in [0.05, 0.1) is 6.10 Å². The summed E-state index contributed by atoms with van der Waals surface area (Å²) in [6.45, 7) is 4.35. The van der Waals surface area contributed by atoms with Gasteiger partial charge in [-0.05, 0) is 92.3 Å². The lowest BCUT2D eigenvalue weighted by Crippen LogP contribution is -2.60. The van der Waals surface area contributed by atoms with Gasteiger partial charge in [0, 0.05) is 5.92 Å². The van der Waals surface area contributed by atoms with E-state index in [2.05, 4.69) is 13.8 Å². The van der Waals surface area contributed by atoms with Gasteiger partial charge >= 0.3 is 5.97 Å². The second kappa shape index (κ2) is 9.58. The first kappa shape index (κ1) is 26.5. The van der Waals surface area contributed by atoms with Gasteiger partial charge in [-0.25, -0.2) is 4.79 Å². The molecule has 0 spiro atoms. The third kappa shape index (κ3) is 4.14. The fourth-order valence-electron chi connectivity index (χ4n) is 9.22. The average Bonchev–Trinajstić information content (AvgIpc) is 3.19. The fraction of sp³-hybridized carbons (Fsp3) is 0.926. The Hall–Kier alpha value is -1.10. The highest BCUT2D eigenvalue weighted by Crippen LogP contribution is 2.67. The van der Waals surface area contributed by atoms with E-state index in [0.29, 0.717) is 23.7 Å². The molecule has 1 aliphatic heterocycles. The zero-order chi connectivity index (χ0) is 26.0. The number of ether oxygens (including phenoxy) is 2. The van der Waals surface area contributed by atoms with Gasteiger partial charge in [0.25, 0.3) is 0 Å². The van der Waals surface area contributed by atoms with Crippen molar-refractivity contribution in [1.29, 1.82) is 0 Å². The number of ketones is 1. The van der Waals surface area contributed by atoms with Crippen molar-refractivity contribution < 1.29 is 44.6 Å². The normalized spacial score (nSPS) is 52.7. The van der Waals surface area contributed by atoms with Crippen molar-refractivity contribution in [1.82, 2.24) is 0 Å². The summed E-state index contributed by atoms with van der Waals surface area (Å²) >= 11 is 0. The van der Waals surface area contributed by atoms with Crippen molar-refractivity contribution in [3.8, 4) is 0 Å². The first-order valence-corrected chi connectivity index (χ1v) is 13.7. The summed E-state index contributed by atoms with van der Waals surface area (Å²) in [6.07, 6.45) is 0.468. The van der Waals surface area contributed by atoms with E-state index in [1.807, 2.05) is 0 Å². The molecule has 0 bridgehead atoms. The van der Waals surface area contributed by atoms with Crippen LogP contribution in [-0.2, 0) is 19.1 Å². The molecule has 36 heavy (non-hydrogen) atoms. The average molecular weight is 511 g/mol. The second-order valence-corrected chi connectivity index (χ2v) is 12.8. The number of aliphatic hydroxyl groups excluding tert-OH is 4. The highest BCUT2D eigenvalue weighted by molar-refractivity contribution is 5.83. The lowest BCUT2D eigenvalue weighted by atomic mass is 9.44. The molecule has 0 radical (unpaired) electrons. The number of carboxylic acid groups (broad SMARTS) is 1. The van der Waals surface area contributed by atoms with E-state index in [0.717, 1.165) is 57.8 Å². The third-order valence-electron chi connectivity index (χ3n) is 11.2. The maximum Gasteiger partial charge on any atom is 0.335 e. The summed E-state index contributed by atoms with van der Waals surface area (Å²) in [5, 5.41) is 49.6. The molecule has 0 aromatic carbocycles. The monoisotopic (exact) mass is 510 g/mol. The molecule has 5 N–H and O–H groups in total. The molecule has 1 saturated heterocycles. The van der Waals surface area contributed by atoms with Crippen LogP contribution in [0.15, 0.2) is 0 Å². The second-order valence-electron chi connectivity index (χ2n) is 12.8. The SMILES string of the molecule is C[C@]12CC[C@H](O)C[C@@H]1CC[C@@H]1[C@@H]2CC[C@]2(C)[C@@H](C(=O)COC3O[C@H](C(=O)O)[C@@H](O)[C@H](O)[C@H]3O)CC[C@@H]12. The predicted octanol–water partition coefficient (Wildman–Crippen LogP) is 1.48. The maximum absolute atomic E-state index is 13.4. The van der Waals surface area contributed by atoms with Crippen molar-refractivity contribution in [3.63, 3.8) is 0 Å². The molecule has 9 nitrogen and oxygen atoms in total. The number of hydrogen-bond acceptors (Lipinski definition) is 8. The number of aliphatic hydroxyl groups is 4. The maximum atomic E-state index is 13.4. The summed E-state index contributed by atoms with van der Waals surface area (Å²) in [6, 6.07) is 0. The van der Waals surface area contributed by atoms with Crippen molar-refractivity contribution in [2.45, 2.75) is 108 Å². The third-order valence-corrected chi connectivity index (χ3v) is 11.2. The van der Waals surface area contributed by atoms with Crippen molar-refractivity contribution >= 4 is 11.8 Å². The zero-order valence-corrected chi connectivity index (χ0v) is 21.3. The Kier molecular flexibility index (Phi) is 7.05. The van der Waals surface area contributed by atoms with Crippen molar-refractivity contribution in [2.24, 2.45) is 40.4 Å². The molecule has 204 valence electrons. The quantitative estimate of drug-likeness (QED) is 0.370. The lowest BCUT2D eigenvalue weighted by Gasteiger charge is -2.60. The van der Waals surface area contributed by atoms with Crippen LogP contribution in [0.25, 0.3) is 0 Å². The van der Waals surface area contributed by atoms with Crippen LogP contribution >= 0.6 is 0 Å². The van der Waals surface area contributed by atoms with Gasteiger partial charge in [0.15, 0.2) is 18.2 Å². The molecule has 9 heteroatoms. The van der Waals surface area contributed by atoms with E-state index in [4.69, 9.17) is 9.47 Å². The van der Waals surface area contributed by atoms with Crippen LogP contribution in [0.4, 0.5) is 0 Å². The summed E-state index contributed by atoms with van der Waals surface area (Å²) in [7, 11) is 0. The molecule has 5 rings (SSSR count). The Labute approximate surface area is 212 Å². The van der Waals surface area contributed by atoms with Gasteiger partial charge in [0.1, 0.15) is 24.9 Å². The predicted molar refractivity (Wildman–Crippen MR) is 127 cm³/mol. The Morgan fingerprint density at radius 3 is 2.28 bits per heavy atom. The highest BCUT2D eigenvalue weighted by Gasteiger charge is 2.61. The zero-order valence-electron chi connectivity index (χ0n) is 21.3. The van der Waals surface area contributed by atoms with E-state index in [1.54, 1.807) is 0 Å². The fourth-order valence-corrected chi connectivity index (χ4v) is 9.22. The van der Waals surface area contributed by atoms with E-state index in [-0.39, 0.29) is 35.2 Å². The molecule has 0 amide bonds. The van der Waals surface area contributed by atoms with Gasteiger partial charge in [-0.3, -0.25) is 4.79 Å². The van der Waals surface area contributed by atoms with Crippen LogP contribution in [0.5, 0.6) is 0 Å². The number of carbonyl (C=O) groups excluding carboxylic acids is 1. The smallest absolute Gasteiger partial charge is 0.335 e. The van der Waals surface area contributed by atoms with Gasteiger partial charge < -0.3 is 35.0 Å². The minimum atomic E-state index is -1.79. The Morgan fingerprint density at radius 1 is 0.861 bits per heavy atom. The van der Waals surface area contributed by atoms with Gasteiger partial charge in [-0.1, -0.05) is 13.8 Å². The van der Waals surface area contributed by atoms with Crippen LogP contribution in [0.3, 0.4) is 0 Å². The van der Waals surface area contributed by atoms with Crippen LogP contribution in [0.1, 0.15) is 71.6 Å². The minimum absolute atomic E-state index is 0.0811. The van der Waals surface area contributed by atoms with E-state index in [9.17, 15) is 35.1 Å². The summed E-state index contributed by atoms with van der Waals surface area (Å²) < 4.78 is 10.7. The van der Waals surface area contributed by atoms with Crippen molar-refractivity contribution in [3.05, 3.63) is 0 Å². The lowest BCUT2D eigenvalue weighted by molar-refractivity contribution is -0.292. The first-order chi connectivity index (χ1) is 17.0. The molecule has 1 heterocycles. The number of carboxylic acids is 1. The summed E-state index contributed by atoms with van der Waals surface area (Å²) in [5.74, 6) is 0.557. The van der Waals surface area contributed by atoms with Gasteiger partial charge in [0.2, 0.25) is 0 Å². The van der Waals surface area contributed by atoms with Crippen molar-refractivity contribution in [2.75, 3.05) is 6.61 Å². The molecule has 13 atom stereocenters. The molecule has 1 unspecified atom stereocenters. The van der Waals surface area contributed by atoms with E-state index in [1.165, 1.54) is 0 Å². The van der Waals surface area contributed by atoms with Crippen LogP contribution in [-0.4, -0.2) is 80.7 Å². The topological polar surface area (TPSA) is 154 Å². The number of hydrogen-bond donors (Lipinski definition) is 5. The van der Waals surface area contributed by atoms with E-state index < -0.39 is 36.7 Å². The number of Topliss-reactive ketones (excluding diaryl/α,β-unsaturated/α-hetero) is 1. The molecule has 0 aromatic heterocycles. The molecule has 4 saturated carbocycles. The Balaban J connectivity index is 1.24. The molecule has 0 aromatic rings. The number of rotatable bonds is 5. The molecular weight excluding hydrogens is 468 g/mol. The van der Waals surface area contributed by atoms with Gasteiger partial charge in [-0.15, -0.1) is 0 Å². The first-order valence-electron chi connectivity index (χ1n) is 13.7. The number of fused-ring (bicyclic) bond motifs is 5.